The highest BCUT2D eigenvalue weighted by Crippen LogP contribution is 2.37. The average molecular weight is 532 g/mol. The van der Waals surface area contributed by atoms with Crippen LogP contribution >= 0.6 is 15.9 Å². The lowest BCUT2D eigenvalue weighted by atomic mass is 10.1. The normalized spacial score (nSPS) is 10.9. The largest absolute Gasteiger partial charge is 0.490 e. The molecule has 4 aromatic carbocycles. The lowest BCUT2D eigenvalue weighted by Gasteiger charge is -2.14. The van der Waals surface area contributed by atoms with Gasteiger partial charge in [-0.2, -0.15) is 5.10 Å². The molecule has 0 bridgehead atoms. The van der Waals surface area contributed by atoms with E-state index in [1.165, 1.54) is 0 Å². The van der Waals surface area contributed by atoms with Gasteiger partial charge in [0, 0.05) is 11.1 Å². The summed E-state index contributed by atoms with van der Waals surface area (Å²) in [5.41, 5.74) is 5.29. The summed E-state index contributed by atoms with van der Waals surface area (Å²) in [5.74, 6) is 0.973. The molecule has 35 heavy (non-hydrogen) atoms. The molecular weight excluding hydrogens is 506 g/mol. The van der Waals surface area contributed by atoms with Gasteiger partial charge in [-0.3, -0.25) is 4.79 Å². The van der Waals surface area contributed by atoms with E-state index >= 15 is 0 Å². The molecule has 6 nitrogen and oxygen atoms in total. The number of anilines is 1. The number of rotatable bonds is 10. The third kappa shape index (κ3) is 6.61. The number of carbonyl (C=O) groups is 1. The Kier molecular flexibility index (Phi) is 8.35. The number of hydrazone groups is 1. The first-order chi connectivity index (χ1) is 17.1. The van der Waals surface area contributed by atoms with Gasteiger partial charge in [0.1, 0.15) is 6.61 Å². The standard InChI is InChI=1S/C28H26BrN3O3/c1-2-34-26-16-21(15-24(29)28(26)35-19-20-9-4-3-5-10-20)17-31-32-27(33)18-30-25-14-8-12-22-11-6-7-13-23(22)25/h3-17,30H,2,18-19H2,1H3,(H,32,33)/b31-17-. The van der Waals surface area contributed by atoms with Gasteiger partial charge in [-0.25, -0.2) is 5.43 Å². The molecule has 0 saturated heterocycles. The van der Waals surface area contributed by atoms with Crippen LogP contribution in [-0.4, -0.2) is 25.3 Å². The molecule has 7 heteroatoms. The molecule has 1 amide bonds. The Morgan fingerprint density at radius 2 is 1.74 bits per heavy atom. The predicted molar refractivity (Wildman–Crippen MR) is 144 cm³/mol. The Labute approximate surface area is 213 Å². The van der Waals surface area contributed by atoms with Crippen molar-refractivity contribution in [2.45, 2.75) is 13.5 Å². The van der Waals surface area contributed by atoms with E-state index in [1.807, 2.05) is 91.9 Å². The Hall–Kier alpha value is -3.84. The van der Waals surface area contributed by atoms with Gasteiger partial charge in [0.15, 0.2) is 11.5 Å². The summed E-state index contributed by atoms with van der Waals surface area (Å²) in [5, 5.41) is 9.45. The van der Waals surface area contributed by atoms with Crippen molar-refractivity contribution in [3.63, 3.8) is 0 Å². The van der Waals surface area contributed by atoms with E-state index in [9.17, 15) is 4.79 Å². The highest BCUT2D eigenvalue weighted by atomic mass is 79.9. The molecule has 0 aliphatic rings. The first-order valence-electron chi connectivity index (χ1n) is 11.3. The van der Waals surface area contributed by atoms with Crippen LogP contribution in [0.3, 0.4) is 0 Å². The zero-order chi connectivity index (χ0) is 24.5. The summed E-state index contributed by atoms with van der Waals surface area (Å²) in [6.45, 7) is 2.93. The zero-order valence-corrected chi connectivity index (χ0v) is 20.9. The fourth-order valence-corrected chi connectivity index (χ4v) is 4.14. The summed E-state index contributed by atoms with van der Waals surface area (Å²) >= 11 is 3.57. The van der Waals surface area contributed by atoms with Crippen molar-refractivity contribution in [1.29, 1.82) is 0 Å². The number of fused-ring (bicyclic) bond motifs is 1. The van der Waals surface area contributed by atoms with Crippen molar-refractivity contribution < 1.29 is 14.3 Å². The number of hydrogen-bond acceptors (Lipinski definition) is 5. The first kappa shape index (κ1) is 24.3. The fourth-order valence-electron chi connectivity index (χ4n) is 3.57. The maximum Gasteiger partial charge on any atom is 0.259 e. The van der Waals surface area contributed by atoms with Gasteiger partial charge in [-0.05, 0) is 57.6 Å². The predicted octanol–water partition coefficient (Wildman–Crippen LogP) is 6.14. The van der Waals surface area contributed by atoms with Crippen LogP contribution in [0, 0.1) is 0 Å². The summed E-state index contributed by atoms with van der Waals surface area (Å²) in [6.07, 6.45) is 1.57. The summed E-state index contributed by atoms with van der Waals surface area (Å²) in [7, 11) is 0. The van der Waals surface area contributed by atoms with Crippen molar-refractivity contribution in [3.05, 3.63) is 101 Å². The fraction of sp³-hybridized carbons (Fsp3) is 0.143. The summed E-state index contributed by atoms with van der Waals surface area (Å²) in [6, 6.07) is 27.6. The van der Waals surface area contributed by atoms with E-state index < -0.39 is 0 Å². The smallest absolute Gasteiger partial charge is 0.259 e. The number of nitrogens with zero attached hydrogens (tertiary/aromatic N) is 1. The Morgan fingerprint density at radius 3 is 2.57 bits per heavy atom. The number of ether oxygens (including phenoxy) is 2. The van der Waals surface area contributed by atoms with Crippen LogP contribution in [0.1, 0.15) is 18.1 Å². The van der Waals surface area contributed by atoms with Gasteiger partial charge in [-0.15, -0.1) is 0 Å². The van der Waals surface area contributed by atoms with Gasteiger partial charge < -0.3 is 14.8 Å². The van der Waals surface area contributed by atoms with Crippen LogP contribution < -0.4 is 20.2 Å². The third-order valence-corrected chi connectivity index (χ3v) is 5.78. The Bertz CT molecular complexity index is 1320. The maximum atomic E-state index is 12.3. The van der Waals surface area contributed by atoms with E-state index in [2.05, 4.69) is 31.8 Å². The SMILES string of the molecule is CCOc1cc(/C=N\NC(=O)CNc2cccc3ccccc23)cc(Br)c1OCc1ccccc1. The minimum absolute atomic E-state index is 0.103. The second-order valence-electron chi connectivity index (χ2n) is 7.71. The molecule has 0 aliphatic heterocycles. The van der Waals surface area contributed by atoms with E-state index in [0.717, 1.165) is 32.1 Å². The van der Waals surface area contributed by atoms with Crippen LogP contribution in [0.25, 0.3) is 10.8 Å². The van der Waals surface area contributed by atoms with Crippen LogP contribution in [0.4, 0.5) is 5.69 Å². The van der Waals surface area contributed by atoms with Crippen molar-refractivity contribution in [2.24, 2.45) is 5.10 Å². The molecule has 0 unspecified atom stereocenters. The Balaban J connectivity index is 1.37. The molecule has 2 N–H and O–H groups in total. The molecule has 0 fully saturated rings. The third-order valence-electron chi connectivity index (χ3n) is 5.19. The number of amides is 1. The molecular formula is C28H26BrN3O3. The van der Waals surface area contributed by atoms with E-state index in [0.29, 0.717) is 24.7 Å². The molecule has 178 valence electrons. The van der Waals surface area contributed by atoms with Crippen LogP contribution in [-0.2, 0) is 11.4 Å². The lowest BCUT2D eigenvalue weighted by molar-refractivity contribution is -0.119. The van der Waals surface area contributed by atoms with Crippen molar-refractivity contribution in [1.82, 2.24) is 5.43 Å². The summed E-state index contributed by atoms with van der Waals surface area (Å²) in [4.78, 5) is 12.3. The second-order valence-corrected chi connectivity index (χ2v) is 8.57. The van der Waals surface area contributed by atoms with Crippen LogP contribution in [0.15, 0.2) is 94.5 Å². The van der Waals surface area contributed by atoms with E-state index in [4.69, 9.17) is 9.47 Å². The number of nitrogens with one attached hydrogen (secondary N) is 2. The van der Waals surface area contributed by atoms with Gasteiger partial charge in [0.2, 0.25) is 0 Å². The topological polar surface area (TPSA) is 72.0 Å². The van der Waals surface area contributed by atoms with Gasteiger partial charge >= 0.3 is 0 Å². The lowest BCUT2D eigenvalue weighted by Crippen LogP contribution is -2.25. The molecule has 4 aromatic rings. The minimum Gasteiger partial charge on any atom is -0.490 e. The van der Waals surface area contributed by atoms with Gasteiger partial charge in [0.05, 0.1) is 23.8 Å². The summed E-state index contributed by atoms with van der Waals surface area (Å²) < 4.78 is 12.5. The average Bonchev–Trinajstić information content (AvgIpc) is 2.88. The van der Waals surface area contributed by atoms with E-state index in [1.54, 1.807) is 6.21 Å². The van der Waals surface area contributed by atoms with Crippen molar-refractivity contribution in [3.8, 4) is 11.5 Å². The van der Waals surface area contributed by atoms with Crippen LogP contribution in [0.5, 0.6) is 11.5 Å². The molecule has 0 atom stereocenters. The molecule has 0 heterocycles. The molecule has 0 spiro atoms. The second kappa shape index (κ2) is 12.0. The molecule has 0 aromatic heterocycles. The van der Waals surface area contributed by atoms with E-state index in [-0.39, 0.29) is 12.5 Å². The Morgan fingerprint density at radius 1 is 0.971 bits per heavy atom. The molecule has 0 saturated carbocycles. The van der Waals surface area contributed by atoms with Crippen molar-refractivity contribution >= 4 is 44.5 Å². The first-order valence-corrected chi connectivity index (χ1v) is 12.1. The number of carbonyl (C=O) groups excluding carboxylic acids is 1. The van der Waals surface area contributed by atoms with Gasteiger partial charge in [-0.1, -0.05) is 66.7 Å². The monoisotopic (exact) mass is 531 g/mol. The highest BCUT2D eigenvalue weighted by Gasteiger charge is 2.12. The minimum atomic E-state index is -0.249. The molecule has 4 rings (SSSR count). The van der Waals surface area contributed by atoms with Gasteiger partial charge in [0.25, 0.3) is 5.91 Å². The number of halogens is 1. The molecule has 0 aliphatic carbocycles. The zero-order valence-electron chi connectivity index (χ0n) is 19.3. The number of hydrogen-bond donors (Lipinski definition) is 2. The molecule has 0 radical (unpaired) electrons. The quantitative estimate of drug-likeness (QED) is 0.190. The highest BCUT2D eigenvalue weighted by molar-refractivity contribution is 9.10. The number of benzene rings is 4. The maximum absolute atomic E-state index is 12.3. The van der Waals surface area contributed by atoms with Crippen LogP contribution in [0.2, 0.25) is 0 Å². The van der Waals surface area contributed by atoms with Crippen molar-refractivity contribution in [2.75, 3.05) is 18.5 Å².